The van der Waals surface area contributed by atoms with Crippen LogP contribution in [0.3, 0.4) is 0 Å². The quantitative estimate of drug-likeness (QED) is 0.780. The Morgan fingerprint density at radius 1 is 1.32 bits per heavy atom. The van der Waals surface area contributed by atoms with Gasteiger partial charge in [-0.2, -0.15) is 0 Å². The number of hydrogen-bond acceptors (Lipinski definition) is 2. The molecule has 2 nitrogen and oxygen atoms in total. The van der Waals surface area contributed by atoms with Crippen molar-refractivity contribution in [2.75, 3.05) is 13.3 Å². The molecule has 0 saturated carbocycles. The van der Waals surface area contributed by atoms with E-state index >= 15 is 0 Å². The SMILES string of the molecule is CCC(CF)(CF)C[C@@](N)(O)c1cc(Br)ccc1F. The summed E-state index contributed by atoms with van der Waals surface area (Å²) in [6.45, 7) is -0.323. The zero-order valence-corrected chi connectivity index (χ0v) is 12.2. The molecule has 0 aromatic heterocycles. The molecule has 0 fully saturated rings. The van der Waals surface area contributed by atoms with Gasteiger partial charge in [-0.15, -0.1) is 0 Å². The van der Waals surface area contributed by atoms with Crippen LogP contribution in [0.2, 0.25) is 0 Å². The number of aliphatic hydroxyl groups is 1. The van der Waals surface area contributed by atoms with Crippen molar-refractivity contribution >= 4 is 15.9 Å². The Morgan fingerprint density at radius 2 is 1.89 bits per heavy atom. The van der Waals surface area contributed by atoms with E-state index < -0.39 is 36.7 Å². The van der Waals surface area contributed by atoms with Gasteiger partial charge in [0.1, 0.15) is 11.5 Å². The summed E-state index contributed by atoms with van der Waals surface area (Å²) in [5.41, 5.74) is 1.99. The third-order valence-corrected chi connectivity index (χ3v) is 3.85. The smallest absolute Gasteiger partial charge is 0.143 e. The molecule has 0 amide bonds. The number of rotatable bonds is 6. The minimum atomic E-state index is -2.12. The Hall–Kier alpha value is -0.590. The fraction of sp³-hybridized carbons (Fsp3) is 0.538. The van der Waals surface area contributed by atoms with Crippen LogP contribution in [0.25, 0.3) is 0 Å². The van der Waals surface area contributed by atoms with Gasteiger partial charge in [0.15, 0.2) is 0 Å². The van der Waals surface area contributed by atoms with Crippen LogP contribution in [0.15, 0.2) is 22.7 Å². The van der Waals surface area contributed by atoms with Crippen molar-refractivity contribution in [1.82, 2.24) is 0 Å². The Bertz CT molecular complexity index is 428. The highest BCUT2D eigenvalue weighted by molar-refractivity contribution is 9.10. The predicted molar refractivity (Wildman–Crippen MR) is 71.5 cm³/mol. The van der Waals surface area contributed by atoms with E-state index in [1.165, 1.54) is 12.1 Å². The number of nitrogens with two attached hydrogens (primary N) is 1. The van der Waals surface area contributed by atoms with E-state index in [2.05, 4.69) is 15.9 Å². The Labute approximate surface area is 118 Å². The molecule has 0 unspecified atom stereocenters. The summed E-state index contributed by atoms with van der Waals surface area (Å²) in [5, 5.41) is 10.2. The van der Waals surface area contributed by atoms with Crippen LogP contribution in [-0.2, 0) is 5.72 Å². The third kappa shape index (κ3) is 3.70. The normalized spacial score (nSPS) is 15.3. The van der Waals surface area contributed by atoms with Crippen molar-refractivity contribution in [3.05, 3.63) is 34.1 Å². The van der Waals surface area contributed by atoms with E-state index in [-0.39, 0.29) is 12.0 Å². The van der Waals surface area contributed by atoms with Crippen molar-refractivity contribution in [3.63, 3.8) is 0 Å². The molecule has 108 valence electrons. The molecule has 19 heavy (non-hydrogen) atoms. The van der Waals surface area contributed by atoms with Crippen molar-refractivity contribution in [1.29, 1.82) is 0 Å². The van der Waals surface area contributed by atoms with Gasteiger partial charge in [-0.05, 0) is 24.6 Å². The maximum Gasteiger partial charge on any atom is 0.143 e. The Morgan fingerprint density at radius 3 is 2.37 bits per heavy atom. The number of benzene rings is 1. The number of hydrogen-bond donors (Lipinski definition) is 2. The fourth-order valence-corrected chi connectivity index (χ4v) is 2.30. The van der Waals surface area contributed by atoms with E-state index in [1.54, 1.807) is 6.92 Å². The molecule has 3 N–H and O–H groups in total. The topological polar surface area (TPSA) is 46.2 Å². The lowest BCUT2D eigenvalue weighted by Gasteiger charge is -2.35. The molecule has 1 aromatic rings. The minimum Gasteiger partial charge on any atom is -0.372 e. The maximum atomic E-state index is 13.7. The molecule has 1 rings (SSSR count). The van der Waals surface area contributed by atoms with Crippen LogP contribution in [-0.4, -0.2) is 18.5 Å². The Balaban J connectivity index is 3.12. The van der Waals surface area contributed by atoms with Crippen LogP contribution < -0.4 is 5.73 Å². The minimum absolute atomic E-state index is 0.162. The van der Waals surface area contributed by atoms with Gasteiger partial charge in [0.05, 0.1) is 13.3 Å². The molecule has 0 aliphatic carbocycles. The van der Waals surface area contributed by atoms with Crippen LogP contribution >= 0.6 is 15.9 Å². The molecule has 0 aliphatic rings. The summed E-state index contributed by atoms with van der Waals surface area (Å²) in [7, 11) is 0. The second-order valence-electron chi connectivity index (χ2n) is 4.85. The number of halogens is 4. The van der Waals surface area contributed by atoms with E-state index in [0.29, 0.717) is 4.47 Å². The first-order valence-electron chi connectivity index (χ1n) is 5.89. The van der Waals surface area contributed by atoms with E-state index in [4.69, 9.17) is 5.73 Å². The van der Waals surface area contributed by atoms with Gasteiger partial charge in [0, 0.05) is 21.9 Å². The first kappa shape index (κ1) is 16.5. The van der Waals surface area contributed by atoms with E-state index in [1.807, 2.05) is 0 Å². The summed E-state index contributed by atoms with van der Waals surface area (Å²) < 4.78 is 40.3. The van der Waals surface area contributed by atoms with Gasteiger partial charge in [-0.25, -0.2) is 4.39 Å². The zero-order valence-electron chi connectivity index (χ0n) is 10.6. The molecule has 0 radical (unpaired) electrons. The van der Waals surface area contributed by atoms with Crippen LogP contribution in [0.1, 0.15) is 25.3 Å². The van der Waals surface area contributed by atoms with Crippen LogP contribution in [0, 0.1) is 11.2 Å². The summed E-state index contributed by atoms with van der Waals surface area (Å²) in [6.07, 6.45) is -0.230. The summed E-state index contributed by atoms with van der Waals surface area (Å²) in [4.78, 5) is 0. The average Bonchev–Trinajstić information content (AvgIpc) is 2.39. The lowest BCUT2D eigenvalue weighted by Crippen LogP contribution is -2.44. The van der Waals surface area contributed by atoms with Crippen LogP contribution in [0.5, 0.6) is 0 Å². The highest BCUT2D eigenvalue weighted by Crippen LogP contribution is 2.37. The molecule has 0 heterocycles. The van der Waals surface area contributed by atoms with Crippen LogP contribution in [0.4, 0.5) is 13.2 Å². The fourth-order valence-electron chi connectivity index (χ4n) is 1.94. The van der Waals surface area contributed by atoms with Crippen molar-refractivity contribution in [2.45, 2.75) is 25.5 Å². The van der Waals surface area contributed by atoms with Crippen molar-refractivity contribution in [3.8, 4) is 0 Å². The molecule has 1 aromatic carbocycles. The van der Waals surface area contributed by atoms with Gasteiger partial charge in [-0.1, -0.05) is 22.9 Å². The molecular formula is C13H17BrF3NO. The largest absolute Gasteiger partial charge is 0.372 e. The molecule has 0 spiro atoms. The average molecular weight is 340 g/mol. The molecule has 0 aliphatic heterocycles. The molecular weight excluding hydrogens is 323 g/mol. The lowest BCUT2D eigenvalue weighted by molar-refractivity contribution is -0.0312. The third-order valence-electron chi connectivity index (χ3n) is 3.36. The van der Waals surface area contributed by atoms with Gasteiger partial charge >= 0.3 is 0 Å². The first-order valence-corrected chi connectivity index (χ1v) is 6.68. The monoisotopic (exact) mass is 339 g/mol. The van der Waals surface area contributed by atoms with Gasteiger partial charge in [0.25, 0.3) is 0 Å². The predicted octanol–water partition coefficient (Wildman–Crippen LogP) is 3.42. The second kappa shape index (κ2) is 6.24. The summed E-state index contributed by atoms with van der Waals surface area (Å²) in [5.74, 6) is -0.712. The van der Waals surface area contributed by atoms with Crippen molar-refractivity contribution in [2.24, 2.45) is 11.1 Å². The van der Waals surface area contributed by atoms with E-state index in [0.717, 1.165) is 6.07 Å². The molecule has 0 saturated heterocycles. The van der Waals surface area contributed by atoms with Crippen molar-refractivity contribution < 1.29 is 18.3 Å². The maximum absolute atomic E-state index is 13.7. The summed E-state index contributed by atoms with van der Waals surface area (Å²) >= 11 is 3.14. The number of alkyl halides is 2. The van der Waals surface area contributed by atoms with Gasteiger partial charge in [-0.3, -0.25) is 14.5 Å². The Kier molecular flexibility index (Phi) is 5.41. The lowest BCUT2D eigenvalue weighted by atomic mass is 9.78. The first-order chi connectivity index (χ1) is 8.80. The standard InChI is InChI=1S/C13H17BrF3NO/c1-2-12(7-15,8-16)6-13(18,19)10-5-9(14)3-4-11(10)17/h3-5,19H,2,6-8,18H2,1H3/t13-/m1/s1. The second-order valence-corrected chi connectivity index (χ2v) is 5.76. The summed E-state index contributed by atoms with van der Waals surface area (Å²) in [6, 6.07) is 3.90. The highest BCUT2D eigenvalue weighted by Gasteiger charge is 2.39. The molecule has 6 heteroatoms. The zero-order chi connectivity index (χ0) is 14.7. The van der Waals surface area contributed by atoms with E-state index in [9.17, 15) is 18.3 Å². The molecule has 0 bridgehead atoms. The highest BCUT2D eigenvalue weighted by atomic mass is 79.9. The molecule has 1 atom stereocenters. The van der Waals surface area contributed by atoms with Gasteiger partial charge < -0.3 is 5.11 Å². The van der Waals surface area contributed by atoms with Gasteiger partial charge in [0.2, 0.25) is 0 Å².